The van der Waals surface area contributed by atoms with Gasteiger partial charge in [-0.05, 0) is 12.1 Å². The Balaban J connectivity index is 3.04. The molecule has 0 spiro atoms. The van der Waals surface area contributed by atoms with Crippen LogP contribution in [-0.2, 0) is 10.0 Å². The van der Waals surface area contributed by atoms with Gasteiger partial charge < -0.3 is 5.73 Å². The minimum Gasteiger partial charge on any atom is -0.364 e. The molecule has 0 aliphatic carbocycles. The minimum absolute atomic E-state index is 0.00866. The summed E-state index contributed by atoms with van der Waals surface area (Å²) in [6.45, 7) is 1.96. The molecule has 0 bridgehead atoms. The number of rotatable bonds is 4. The van der Waals surface area contributed by atoms with Crippen molar-refractivity contribution in [2.24, 2.45) is 5.73 Å². The molecule has 6 nitrogen and oxygen atoms in total. The molecular weight excluding hydrogens is 218 g/mol. The van der Waals surface area contributed by atoms with Crippen molar-refractivity contribution in [1.82, 2.24) is 9.71 Å². The molecular formula is C8H11N3O3S. The summed E-state index contributed by atoms with van der Waals surface area (Å²) in [7, 11) is -3.52. The van der Waals surface area contributed by atoms with E-state index in [0.717, 1.165) is 6.20 Å². The van der Waals surface area contributed by atoms with Gasteiger partial charge in [0, 0.05) is 12.7 Å². The van der Waals surface area contributed by atoms with Gasteiger partial charge in [0.25, 0.3) is 5.91 Å². The first kappa shape index (κ1) is 11.6. The molecule has 1 heterocycles. The number of aromatic nitrogens is 1. The van der Waals surface area contributed by atoms with Crippen LogP contribution in [0.1, 0.15) is 17.4 Å². The lowest BCUT2D eigenvalue weighted by Gasteiger charge is -2.03. The van der Waals surface area contributed by atoms with Gasteiger partial charge >= 0.3 is 0 Å². The van der Waals surface area contributed by atoms with Crippen LogP contribution in [0.2, 0.25) is 0 Å². The number of sulfonamides is 1. The number of nitrogens with zero attached hydrogens (tertiary/aromatic N) is 1. The average Bonchev–Trinajstić information content (AvgIpc) is 2.18. The minimum atomic E-state index is -3.52. The Morgan fingerprint density at radius 3 is 2.60 bits per heavy atom. The number of nitrogens with one attached hydrogen (secondary N) is 1. The van der Waals surface area contributed by atoms with Crippen LogP contribution in [0.25, 0.3) is 0 Å². The van der Waals surface area contributed by atoms with Crippen LogP contribution in [0.15, 0.2) is 23.2 Å². The van der Waals surface area contributed by atoms with Crippen LogP contribution in [0.3, 0.4) is 0 Å². The van der Waals surface area contributed by atoms with Gasteiger partial charge in [-0.1, -0.05) is 6.92 Å². The van der Waals surface area contributed by atoms with Crippen molar-refractivity contribution in [1.29, 1.82) is 0 Å². The van der Waals surface area contributed by atoms with E-state index in [1.807, 2.05) is 0 Å². The normalized spacial score (nSPS) is 11.3. The van der Waals surface area contributed by atoms with Gasteiger partial charge in [0.05, 0.1) is 0 Å². The molecule has 0 aromatic carbocycles. The number of hydrogen-bond donors (Lipinski definition) is 2. The monoisotopic (exact) mass is 229 g/mol. The van der Waals surface area contributed by atoms with Crippen LogP contribution in [0.5, 0.6) is 0 Å². The average molecular weight is 229 g/mol. The smallest absolute Gasteiger partial charge is 0.267 e. The SMILES string of the molecule is CCNS(=O)(=O)c1ccc(C(N)=O)nc1. The first-order valence-corrected chi connectivity index (χ1v) is 5.71. The molecule has 82 valence electrons. The van der Waals surface area contributed by atoms with Crippen LogP contribution in [0, 0.1) is 0 Å². The highest BCUT2D eigenvalue weighted by Crippen LogP contribution is 2.06. The van der Waals surface area contributed by atoms with E-state index in [9.17, 15) is 13.2 Å². The highest BCUT2D eigenvalue weighted by atomic mass is 32.2. The maximum Gasteiger partial charge on any atom is 0.267 e. The third-order valence-electron chi connectivity index (χ3n) is 1.63. The summed E-state index contributed by atoms with van der Waals surface area (Å²) in [6, 6.07) is 2.55. The highest BCUT2D eigenvalue weighted by Gasteiger charge is 2.13. The van der Waals surface area contributed by atoms with E-state index in [0.29, 0.717) is 6.54 Å². The zero-order chi connectivity index (χ0) is 11.5. The Labute approximate surface area is 87.6 Å². The number of carbonyl (C=O) groups is 1. The predicted octanol–water partition coefficient (Wildman–Crippen LogP) is -0.521. The summed E-state index contributed by atoms with van der Waals surface area (Å²) in [5, 5.41) is 0. The van der Waals surface area contributed by atoms with E-state index in [1.54, 1.807) is 6.92 Å². The Kier molecular flexibility index (Phi) is 3.38. The summed E-state index contributed by atoms with van der Waals surface area (Å²) in [6.07, 6.45) is 1.10. The van der Waals surface area contributed by atoms with E-state index < -0.39 is 15.9 Å². The molecule has 1 rings (SSSR count). The van der Waals surface area contributed by atoms with Gasteiger partial charge in [0.2, 0.25) is 10.0 Å². The molecule has 7 heteroatoms. The molecule has 0 radical (unpaired) electrons. The molecule has 1 aromatic rings. The first-order valence-electron chi connectivity index (χ1n) is 4.23. The number of pyridine rings is 1. The Bertz CT molecular complexity index is 453. The summed E-state index contributed by atoms with van der Waals surface area (Å²) >= 11 is 0. The summed E-state index contributed by atoms with van der Waals surface area (Å²) in [5.41, 5.74) is 5.00. The molecule has 0 atom stereocenters. The van der Waals surface area contributed by atoms with Gasteiger partial charge in [-0.15, -0.1) is 0 Å². The maximum absolute atomic E-state index is 11.4. The van der Waals surface area contributed by atoms with Crippen LogP contribution >= 0.6 is 0 Å². The second-order valence-corrected chi connectivity index (χ2v) is 4.51. The van der Waals surface area contributed by atoms with Gasteiger partial charge in [-0.2, -0.15) is 0 Å². The van der Waals surface area contributed by atoms with Crippen LogP contribution < -0.4 is 10.5 Å². The van der Waals surface area contributed by atoms with Gasteiger partial charge in [-0.25, -0.2) is 18.1 Å². The van der Waals surface area contributed by atoms with Gasteiger partial charge in [-0.3, -0.25) is 4.79 Å². The third-order valence-corrected chi connectivity index (χ3v) is 3.16. The van der Waals surface area contributed by atoms with Gasteiger partial charge in [0.1, 0.15) is 10.6 Å². The molecule has 15 heavy (non-hydrogen) atoms. The highest BCUT2D eigenvalue weighted by molar-refractivity contribution is 7.89. The molecule has 0 saturated heterocycles. The van der Waals surface area contributed by atoms with Crippen molar-refractivity contribution in [3.05, 3.63) is 24.0 Å². The number of hydrogen-bond acceptors (Lipinski definition) is 4. The molecule has 0 saturated carbocycles. The summed E-state index contributed by atoms with van der Waals surface area (Å²) in [4.78, 5) is 14.3. The molecule has 1 amide bonds. The molecule has 0 aliphatic heterocycles. The first-order chi connectivity index (χ1) is 6.97. The van der Waals surface area contributed by atoms with Crippen molar-refractivity contribution in [3.63, 3.8) is 0 Å². The van der Waals surface area contributed by atoms with E-state index in [2.05, 4.69) is 9.71 Å². The van der Waals surface area contributed by atoms with Crippen molar-refractivity contribution in [2.45, 2.75) is 11.8 Å². The Morgan fingerprint density at radius 1 is 1.53 bits per heavy atom. The third kappa shape index (κ3) is 2.74. The fourth-order valence-electron chi connectivity index (χ4n) is 0.958. The van der Waals surface area contributed by atoms with E-state index in [-0.39, 0.29) is 10.6 Å². The van der Waals surface area contributed by atoms with E-state index >= 15 is 0 Å². The topological polar surface area (TPSA) is 102 Å². The number of primary amides is 1. The fraction of sp³-hybridized carbons (Fsp3) is 0.250. The molecule has 3 N–H and O–H groups in total. The van der Waals surface area contributed by atoms with Crippen molar-refractivity contribution in [2.75, 3.05) is 6.54 Å². The number of carbonyl (C=O) groups excluding carboxylic acids is 1. The quantitative estimate of drug-likeness (QED) is 0.725. The summed E-state index contributed by atoms with van der Waals surface area (Å²) in [5.74, 6) is -0.692. The maximum atomic E-state index is 11.4. The lowest BCUT2D eigenvalue weighted by molar-refractivity contribution is 0.0995. The standard InChI is InChI=1S/C8H11N3O3S/c1-2-11-15(13,14)6-3-4-7(8(9)12)10-5-6/h3-5,11H,2H2,1H3,(H2,9,12). The molecule has 0 unspecified atom stereocenters. The predicted molar refractivity (Wildman–Crippen MR) is 53.6 cm³/mol. The van der Waals surface area contributed by atoms with Gasteiger partial charge in [0.15, 0.2) is 0 Å². The molecule has 0 aliphatic rings. The zero-order valence-electron chi connectivity index (χ0n) is 8.10. The number of nitrogens with two attached hydrogens (primary N) is 1. The van der Waals surface area contributed by atoms with Crippen molar-refractivity contribution in [3.8, 4) is 0 Å². The molecule has 0 fully saturated rings. The fourth-order valence-corrected chi connectivity index (χ4v) is 1.94. The lowest BCUT2D eigenvalue weighted by atomic mass is 10.3. The van der Waals surface area contributed by atoms with E-state index in [1.165, 1.54) is 12.1 Å². The van der Waals surface area contributed by atoms with Crippen LogP contribution in [0.4, 0.5) is 0 Å². The number of amides is 1. The summed E-state index contributed by atoms with van der Waals surface area (Å²) < 4.78 is 25.2. The second-order valence-electron chi connectivity index (χ2n) is 2.74. The van der Waals surface area contributed by atoms with Crippen molar-refractivity contribution >= 4 is 15.9 Å². The zero-order valence-corrected chi connectivity index (χ0v) is 8.91. The largest absolute Gasteiger partial charge is 0.364 e. The molecule has 1 aromatic heterocycles. The van der Waals surface area contributed by atoms with E-state index in [4.69, 9.17) is 5.73 Å². The second kappa shape index (κ2) is 4.37. The Morgan fingerprint density at radius 2 is 2.20 bits per heavy atom. The Hall–Kier alpha value is -1.47. The van der Waals surface area contributed by atoms with Crippen LogP contribution in [-0.4, -0.2) is 25.9 Å². The van der Waals surface area contributed by atoms with Crippen molar-refractivity contribution < 1.29 is 13.2 Å². The lowest BCUT2D eigenvalue weighted by Crippen LogP contribution is -2.23.